The monoisotopic (exact) mass is 393 g/mol. The second kappa shape index (κ2) is 7.92. The minimum absolute atomic E-state index is 0.0693. The number of piperidine rings is 1. The quantitative estimate of drug-likeness (QED) is 0.651. The van der Waals surface area contributed by atoms with Gasteiger partial charge in [0.05, 0.1) is 10.2 Å². The van der Waals surface area contributed by atoms with E-state index in [1.165, 1.54) is 21.4 Å². The molecule has 1 fully saturated rings. The van der Waals surface area contributed by atoms with E-state index in [9.17, 15) is 4.79 Å². The fraction of sp³-hybridized carbons (Fsp3) is 0.391. The van der Waals surface area contributed by atoms with Gasteiger partial charge in [0.15, 0.2) is 5.13 Å². The highest BCUT2D eigenvalue weighted by Crippen LogP contribution is 2.33. The molecule has 2 aromatic carbocycles. The normalized spacial score (nSPS) is 15.2. The first-order valence-corrected chi connectivity index (χ1v) is 10.9. The highest BCUT2D eigenvalue weighted by atomic mass is 32.1. The zero-order valence-electron chi connectivity index (χ0n) is 16.8. The number of fused-ring (bicyclic) bond motifs is 1. The summed E-state index contributed by atoms with van der Waals surface area (Å²) in [6, 6.07) is 12.5. The van der Waals surface area contributed by atoms with Crippen LogP contribution < -0.4 is 10.2 Å². The summed E-state index contributed by atoms with van der Waals surface area (Å²) < 4.78 is 1.25. The highest BCUT2D eigenvalue weighted by molar-refractivity contribution is 7.22. The third kappa shape index (κ3) is 3.90. The van der Waals surface area contributed by atoms with Crippen LogP contribution in [0.3, 0.4) is 0 Å². The van der Waals surface area contributed by atoms with Gasteiger partial charge in [-0.2, -0.15) is 0 Å². The van der Waals surface area contributed by atoms with Crippen molar-refractivity contribution in [3.05, 3.63) is 53.1 Å². The van der Waals surface area contributed by atoms with E-state index >= 15 is 0 Å². The summed E-state index contributed by atoms with van der Waals surface area (Å²) in [5, 5.41) is 4.19. The Labute approximate surface area is 170 Å². The van der Waals surface area contributed by atoms with Crippen LogP contribution in [-0.2, 0) is 11.2 Å². The number of aromatic nitrogens is 1. The Morgan fingerprint density at radius 3 is 2.75 bits per heavy atom. The van der Waals surface area contributed by atoms with Crippen molar-refractivity contribution in [3.63, 3.8) is 0 Å². The average molecular weight is 394 g/mol. The molecule has 0 spiro atoms. The van der Waals surface area contributed by atoms with Crippen molar-refractivity contribution < 1.29 is 4.79 Å². The number of amides is 1. The Bertz CT molecular complexity index is 1000. The van der Waals surface area contributed by atoms with Gasteiger partial charge in [-0.25, -0.2) is 4.98 Å². The van der Waals surface area contributed by atoms with Crippen molar-refractivity contribution in [1.29, 1.82) is 0 Å². The molecule has 2 heterocycles. The van der Waals surface area contributed by atoms with Gasteiger partial charge in [-0.3, -0.25) is 4.79 Å². The van der Waals surface area contributed by atoms with Crippen LogP contribution in [0.5, 0.6) is 0 Å². The number of nitrogens with zero attached hydrogens (tertiary/aromatic N) is 2. The minimum Gasteiger partial charge on any atom is -0.348 e. The Morgan fingerprint density at radius 2 is 2.00 bits per heavy atom. The molecule has 28 heavy (non-hydrogen) atoms. The number of carbonyl (C=O) groups excluding carboxylic acids is 1. The SMILES string of the molecule is CCc1cccc(NC(=O)C2CCN(c3nc4c(C)cc(C)cc4s3)CC2)c1. The Hall–Kier alpha value is -2.40. The van der Waals surface area contributed by atoms with E-state index in [0.717, 1.165) is 48.7 Å². The van der Waals surface area contributed by atoms with Crippen molar-refractivity contribution in [2.24, 2.45) is 5.92 Å². The molecule has 1 aliphatic heterocycles. The second-order valence-corrected chi connectivity index (χ2v) is 8.74. The van der Waals surface area contributed by atoms with E-state index in [1.54, 1.807) is 11.3 Å². The predicted octanol–water partition coefficient (Wildman–Crippen LogP) is 5.33. The number of aryl methyl sites for hydroxylation is 3. The number of hydrogen-bond acceptors (Lipinski definition) is 4. The fourth-order valence-corrected chi connectivity index (χ4v) is 5.13. The summed E-state index contributed by atoms with van der Waals surface area (Å²) in [7, 11) is 0. The Kier molecular flexibility index (Phi) is 5.36. The second-order valence-electron chi connectivity index (χ2n) is 7.73. The van der Waals surface area contributed by atoms with Crippen LogP contribution in [0.25, 0.3) is 10.2 Å². The molecule has 0 saturated carbocycles. The summed E-state index contributed by atoms with van der Waals surface area (Å²) in [4.78, 5) is 19.9. The lowest BCUT2D eigenvalue weighted by Crippen LogP contribution is -2.38. The lowest BCUT2D eigenvalue weighted by molar-refractivity contribution is -0.120. The Balaban J connectivity index is 1.40. The van der Waals surface area contributed by atoms with Crippen LogP contribution in [0.1, 0.15) is 36.5 Å². The first-order chi connectivity index (χ1) is 13.5. The lowest BCUT2D eigenvalue weighted by Gasteiger charge is -2.31. The molecule has 0 atom stereocenters. The summed E-state index contributed by atoms with van der Waals surface area (Å²) in [5.74, 6) is 0.212. The summed E-state index contributed by atoms with van der Waals surface area (Å²) in [6.45, 7) is 8.15. The number of nitrogens with one attached hydrogen (secondary N) is 1. The predicted molar refractivity (Wildman–Crippen MR) is 118 cm³/mol. The first kappa shape index (κ1) is 18.9. The van der Waals surface area contributed by atoms with E-state index in [-0.39, 0.29) is 11.8 Å². The number of thiazole rings is 1. The standard InChI is InChI=1S/C23H27N3OS/c1-4-17-6-5-7-19(14-17)24-22(27)18-8-10-26(11-9-18)23-25-21-16(3)12-15(2)13-20(21)28-23/h5-7,12-14,18H,4,8-11H2,1-3H3,(H,24,27). The molecule has 0 bridgehead atoms. The largest absolute Gasteiger partial charge is 0.348 e. The maximum absolute atomic E-state index is 12.7. The van der Waals surface area contributed by atoms with Gasteiger partial charge in [-0.15, -0.1) is 0 Å². The maximum Gasteiger partial charge on any atom is 0.227 e. The van der Waals surface area contributed by atoms with E-state index < -0.39 is 0 Å². The molecule has 146 valence electrons. The summed E-state index contributed by atoms with van der Waals surface area (Å²) >= 11 is 1.76. The molecule has 5 heteroatoms. The maximum atomic E-state index is 12.7. The van der Waals surface area contributed by atoms with Crippen molar-refractivity contribution in [1.82, 2.24) is 4.98 Å². The molecule has 1 aliphatic rings. The molecule has 4 nitrogen and oxygen atoms in total. The van der Waals surface area contributed by atoms with Gasteiger partial charge < -0.3 is 10.2 Å². The molecule has 1 N–H and O–H groups in total. The van der Waals surface area contributed by atoms with Gasteiger partial charge in [0.25, 0.3) is 0 Å². The van der Waals surface area contributed by atoms with Crippen molar-refractivity contribution >= 4 is 38.3 Å². The molecule has 1 amide bonds. The molecular formula is C23H27N3OS. The number of benzene rings is 2. The average Bonchev–Trinajstić information content (AvgIpc) is 3.12. The fourth-order valence-electron chi connectivity index (χ4n) is 3.94. The number of anilines is 2. The molecule has 0 aliphatic carbocycles. The van der Waals surface area contributed by atoms with Crippen LogP contribution in [0.2, 0.25) is 0 Å². The van der Waals surface area contributed by atoms with Crippen LogP contribution in [-0.4, -0.2) is 24.0 Å². The Morgan fingerprint density at radius 1 is 1.21 bits per heavy atom. The van der Waals surface area contributed by atoms with Gasteiger partial charge in [0.2, 0.25) is 5.91 Å². The minimum atomic E-state index is 0.0693. The van der Waals surface area contributed by atoms with E-state index in [1.807, 2.05) is 12.1 Å². The van der Waals surface area contributed by atoms with E-state index in [4.69, 9.17) is 4.98 Å². The summed E-state index contributed by atoms with van der Waals surface area (Å²) in [6.07, 6.45) is 2.71. The van der Waals surface area contributed by atoms with Gasteiger partial charge >= 0.3 is 0 Å². The van der Waals surface area contributed by atoms with E-state index in [0.29, 0.717) is 0 Å². The van der Waals surface area contributed by atoms with Crippen molar-refractivity contribution in [3.8, 4) is 0 Å². The van der Waals surface area contributed by atoms with E-state index in [2.05, 4.69) is 55.3 Å². The zero-order valence-corrected chi connectivity index (χ0v) is 17.6. The third-order valence-electron chi connectivity index (χ3n) is 5.56. The van der Waals surface area contributed by atoms with Crippen molar-refractivity contribution in [2.45, 2.75) is 40.0 Å². The number of carbonyl (C=O) groups is 1. The lowest BCUT2D eigenvalue weighted by atomic mass is 9.96. The van der Waals surface area contributed by atoms with Crippen LogP contribution in [0, 0.1) is 19.8 Å². The molecular weight excluding hydrogens is 366 g/mol. The third-order valence-corrected chi connectivity index (χ3v) is 6.62. The molecule has 0 radical (unpaired) electrons. The zero-order chi connectivity index (χ0) is 19.7. The van der Waals surface area contributed by atoms with Gasteiger partial charge in [-0.1, -0.05) is 36.5 Å². The molecule has 3 aromatic rings. The van der Waals surface area contributed by atoms with Gasteiger partial charge in [-0.05, 0) is 68.0 Å². The topological polar surface area (TPSA) is 45.2 Å². The van der Waals surface area contributed by atoms with Gasteiger partial charge in [0, 0.05) is 24.7 Å². The van der Waals surface area contributed by atoms with Crippen LogP contribution in [0.4, 0.5) is 10.8 Å². The smallest absolute Gasteiger partial charge is 0.227 e. The number of rotatable bonds is 4. The molecule has 4 rings (SSSR count). The van der Waals surface area contributed by atoms with Gasteiger partial charge in [0.1, 0.15) is 0 Å². The van der Waals surface area contributed by atoms with Crippen molar-refractivity contribution in [2.75, 3.05) is 23.3 Å². The molecule has 1 saturated heterocycles. The molecule has 0 unspecified atom stereocenters. The first-order valence-electron chi connectivity index (χ1n) is 10.1. The number of hydrogen-bond donors (Lipinski definition) is 1. The molecule has 1 aromatic heterocycles. The summed E-state index contributed by atoms with van der Waals surface area (Å²) in [5.41, 5.74) is 5.78. The van der Waals surface area contributed by atoms with Crippen LogP contribution >= 0.6 is 11.3 Å². The highest BCUT2D eigenvalue weighted by Gasteiger charge is 2.26. The van der Waals surface area contributed by atoms with Crippen LogP contribution in [0.15, 0.2) is 36.4 Å².